The molecule has 3 aromatic rings. The van der Waals surface area contributed by atoms with Crippen molar-refractivity contribution in [1.82, 2.24) is 20.1 Å². The van der Waals surface area contributed by atoms with E-state index in [9.17, 15) is 4.79 Å². The Hall–Kier alpha value is -4.12. The van der Waals surface area contributed by atoms with Crippen molar-refractivity contribution < 1.29 is 29.9 Å². The third kappa shape index (κ3) is 5.26. The molecule has 2 aromatic heterocycles. The average molecular weight is 538 g/mol. The van der Waals surface area contributed by atoms with Crippen LogP contribution < -0.4 is 24.3 Å². The summed E-state index contributed by atoms with van der Waals surface area (Å²) in [7, 11) is 4.85. The number of aromatic nitrogens is 3. The summed E-state index contributed by atoms with van der Waals surface area (Å²) in [4.78, 5) is 20.4. The van der Waals surface area contributed by atoms with Crippen LogP contribution in [0, 0.1) is 5.92 Å². The van der Waals surface area contributed by atoms with Gasteiger partial charge in [0.05, 0.1) is 51.6 Å². The molecule has 11 heteroatoms. The second kappa shape index (κ2) is 11.3. The minimum Gasteiger partial charge on any atom is -0.493 e. The lowest BCUT2D eigenvalue weighted by Crippen LogP contribution is -2.33. The van der Waals surface area contributed by atoms with Gasteiger partial charge >= 0.3 is 0 Å². The quantitative estimate of drug-likeness (QED) is 0.438. The van der Waals surface area contributed by atoms with Crippen LogP contribution in [-0.2, 0) is 16.9 Å². The highest BCUT2D eigenvalue weighted by Gasteiger charge is 2.60. The maximum absolute atomic E-state index is 11.8. The summed E-state index contributed by atoms with van der Waals surface area (Å²) in [5.74, 6) is 2.75. The van der Waals surface area contributed by atoms with Gasteiger partial charge in [0.15, 0.2) is 22.9 Å². The van der Waals surface area contributed by atoms with Crippen LogP contribution in [0.15, 0.2) is 47.8 Å². The van der Waals surface area contributed by atoms with Gasteiger partial charge in [-0.2, -0.15) is 5.10 Å². The van der Waals surface area contributed by atoms with E-state index in [4.69, 9.17) is 23.7 Å². The first-order chi connectivity index (χ1) is 19.0. The number of nitrogens with one attached hydrogen (secondary N) is 1. The van der Waals surface area contributed by atoms with Gasteiger partial charge < -0.3 is 29.0 Å². The first kappa shape index (κ1) is 26.5. The van der Waals surface area contributed by atoms with Crippen LogP contribution in [-0.4, -0.2) is 67.5 Å². The summed E-state index contributed by atoms with van der Waals surface area (Å²) in [6.45, 7) is 3.77. The molecular formula is C28H35N5O6. The normalized spacial score (nSPS) is 21.7. The lowest BCUT2D eigenvalue weighted by atomic mass is 10.00. The Morgan fingerprint density at radius 1 is 1.23 bits per heavy atom. The van der Waals surface area contributed by atoms with Crippen molar-refractivity contribution >= 4 is 17.8 Å². The van der Waals surface area contributed by atoms with Gasteiger partial charge in [0.1, 0.15) is 11.4 Å². The Morgan fingerprint density at radius 3 is 2.67 bits per heavy atom. The van der Waals surface area contributed by atoms with Gasteiger partial charge in [0.25, 0.3) is 5.91 Å². The molecule has 3 unspecified atom stereocenters. The third-order valence-corrected chi connectivity index (χ3v) is 6.97. The number of rotatable bonds is 9. The zero-order valence-corrected chi connectivity index (χ0v) is 22.5. The van der Waals surface area contributed by atoms with Crippen LogP contribution in [0.1, 0.15) is 37.2 Å². The van der Waals surface area contributed by atoms with Crippen LogP contribution in [0.4, 0.5) is 5.69 Å². The van der Waals surface area contributed by atoms with Crippen molar-refractivity contribution in [1.29, 1.82) is 0 Å². The molecule has 1 aliphatic carbocycles. The topological polar surface area (TPSA) is 118 Å². The highest BCUT2D eigenvalue weighted by atomic mass is 16.5. The summed E-state index contributed by atoms with van der Waals surface area (Å²) in [6.07, 6.45) is 9.09. The number of ether oxygens (including phenoxy) is 5. The van der Waals surface area contributed by atoms with Crippen molar-refractivity contribution in [2.75, 3.05) is 34.5 Å². The minimum absolute atomic E-state index is 0. The highest BCUT2D eigenvalue weighted by molar-refractivity contribution is 5.95. The Labute approximate surface area is 228 Å². The molecule has 2 fully saturated rings. The van der Waals surface area contributed by atoms with Crippen molar-refractivity contribution in [3.8, 4) is 23.0 Å². The number of fused-ring (bicyclic) bond motifs is 3. The molecular weight excluding hydrogens is 502 g/mol. The fourth-order valence-corrected chi connectivity index (χ4v) is 4.76. The summed E-state index contributed by atoms with van der Waals surface area (Å²) in [5, 5.41) is 6.77. The van der Waals surface area contributed by atoms with Gasteiger partial charge in [-0.15, -0.1) is 0 Å². The van der Waals surface area contributed by atoms with Crippen molar-refractivity contribution in [2.24, 2.45) is 10.9 Å². The average Bonchev–Trinajstić information content (AvgIpc) is 3.53. The lowest BCUT2D eigenvalue weighted by Gasteiger charge is -2.26. The summed E-state index contributed by atoms with van der Waals surface area (Å²) in [5.41, 5.74) is 2.02. The molecule has 1 N–H and O–H groups in total. The lowest BCUT2D eigenvalue weighted by molar-refractivity contribution is -0.0611. The number of nitrogens with zero attached hydrogens (tertiary/aromatic N) is 4. The van der Waals surface area contributed by atoms with Crippen molar-refractivity contribution in [2.45, 2.75) is 38.0 Å². The van der Waals surface area contributed by atoms with E-state index in [1.54, 1.807) is 44.5 Å². The molecule has 2 aliphatic heterocycles. The predicted octanol–water partition coefficient (Wildman–Crippen LogP) is 3.79. The molecule has 4 heterocycles. The molecule has 3 aliphatic rings. The van der Waals surface area contributed by atoms with Gasteiger partial charge in [-0.25, -0.2) is 0 Å². The first-order valence-corrected chi connectivity index (χ1v) is 12.9. The molecule has 0 radical (unpaired) electrons. The number of amides is 1. The number of hydrogen-bond acceptors (Lipinski definition) is 9. The number of methoxy groups -OCH3 is 2. The molecule has 1 aromatic carbocycles. The van der Waals surface area contributed by atoms with Crippen molar-refractivity contribution in [3.05, 3.63) is 54.1 Å². The monoisotopic (exact) mass is 537 g/mol. The van der Waals surface area contributed by atoms with Gasteiger partial charge in [-0.05, 0) is 31.5 Å². The smallest absolute Gasteiger partial charge is 0.273 e. The Balaban J connectivity index is 0.000000187. The predicted molar refractivity (Wildman–Crippen MR) is 146 cm³/mol. The first-order valence-electron chi connectivity index (χ1n) is 12.9. The molecule has 39 heavy (non-hydrogen) atoms. The molecule has 1 saturated carbocycles. The van der Waals surface area contributed by atoms with E-state index >= 15 is 0 Å². The summed E-state index contributed by atoms with van der Waals surface area (Å²) >= 11 is 0. The van der Waals surface area contributed by atoms with E-state index in [0.29, 0.717) is 42.0 Å². The van der Waals surface area contributed by atoms with Gasteiger partial charge in [0.2, 0.25) is 0 Å². The maximum Gasteiger partial charge on any atom is 0.273 e. The number of hydrogen-bond donors (Lipinski definition) is 1. The molecule has 6 rings (SSSR count). The zero-order valence-electron chi connectivity index (χ0n) is 22.5. The fraction of sp³-hybridized carbons (Fsp3) is 0.429. The van der Waals surface area contributed by atoms with Crippen molar-refractivity contribution in [3.63, 3.8) is 0 Å². The van der Waals surface area contributed by atoms with E-state index < -0.39 is 0 Å². The second-order valence-corrected chi connectivity index (χ2v) is 9.33. The maximum atomic E-state index is 11.8. The van der Waals surface area contributed by atoms with Gasteiger partial charge in [-0.1, -0.05) is 0 Å². The molecule has 11 nitrogen and oxygen atoms in total. The van der Waals surface area contributed by atoms with E-state index in [2.05, 4.69) is 20.4 Å². The van der Waals surface area contributed by atoms with E-state index in [1.165, 1.54) is 0 Å². The fourth-order valence-electron chi connectivity index (χ4n) is 4.76. The summed E-state index contributed by atoms with van der Waals surface area (Å²) in [6, 6.07) is 7.66. The van der Waals surface area contributed by atoms with Gasteiger partial charge in [0, 0.05) is 51.5 Å². The van der Waals surface area contributed by atoms with Crippen LogP contribution >= 0.6 is 0 Å². The largest absolute Gasteiger partial charge is 0.493 e. The molecule has 1 saturated heterocycles. The Bertz CT molecular complexity index is 1350. The molecule has 3 atom stereocenters. The van der Waals surface area contributed by atoms with Crippen LogP contribution in [0.5, 0.6) is 23.0 Å². The SMILES string of the molecule is CCOc1cnn(CC2CCO2)c1C(=O)NC.COc1cc2c(cc1OC)C1(Oc3cccnc3)CC1C=N2.[HH]. The standard InChI is InChI=1S/C17H16N2O3.C11H17N3O3.H2/c1-20-15-6-13-14(7-16(15)21-2)19-9-11-8-17(11,13)22-12-4-3-5-18-10-12;1-3-16-9-6-13-14(7-8-4-5-17-8)10(9)11(15)12-2;/h3-7,9-11H,8H2,1-2H3;6,8H,3-5,7H2,1-2H3,(H,12,15);1H. The highest BCUT2D eigenvalue weighted by Crippen LogP contribution is 2.60. The molecule has 0 spiro atoms. The zero-order chi connectivity index (χ0) is 27.4. The number of pyridine rings is 1. The number of carbonyl (C=O) groups excluding carboxylic acids is 1. The number of carbonyl (C=O) groups is 1. The number of benzene rings is 1. The van der Waals surface area contributed by atoms with Crippen LogP contribution in [0.2, 0.25) is 0 Å². The summed E-state index contributed by atoms with van der Waals surface area (Å²) < 4.78 is 29.4. The van der Waals surface area contributed by atoms with Crippen LogP contribution in [0.3, 0.4) is 0 Å². The minimum atomic E-state index is -0.361. The molecule has 0 bridgehead atoms. The molecule has 208 valence electrons. The van der Waals surface area contributed by atoms with E-state index in [1.807, 2.05) is 37.4 Å². The second-order valence-electron chi connectivity index (χ2n) is 9.33. The Morgan fingerprint density at radius 2 is 2.03 bits per heavy atom. The molecule has 1 amide bonds. The number of aliphatic imine (C=N–C) groups is 1. The Kier molecular flexibility index (Phi) is 7.69. The van der Waals surface area contributed by atoms with Gasteiger partial charge in [-0.3, -0.25) is 19.5 Å². The van der Waals surface area contributed by atoms with Crippen LogP contribution in [0.25, 0.3) is 0 Å². The van der Waals surface area contributed by atoms with E-state index in [0.717, 1.165) is 36.4 Å². The van der Waals surface area contributed by atoms with E-state index in [-0.39, 0.29) is 19.0 Å². The third-order valence-electron chi connectivity index (χ3n) is 6.97.